The molecule has 10 heteroatoms. The summed E-state index contributed by atoms with van der Waals surface area (Å²) in [7, 11) is 3.59. The van der Waals surface area contributed by atoms with E-state index in [4.69, 9.17) is 4.98 Å². The van der Waals surface area contributed by atoms with Gasteiger partial charge >= 0.3 is 0 Å². The number of nitrogens with zero attached hydrogens (tertiary/aromatic N) is 5. The number of fused-ring (bicyclic) bond motifs is 1. The molecule has 1 saturated heterocycles. The highest BCUT2D eigenvalue weighted by Gasteiger charge is 2.29. The van der Waals surface area contributed by atoms with E-state index >= 15 is 0 Å². The largest absolute Gasteiger partial charge is 0.395 e. The van der Waals surface area contributed by atoms with Crippen LogP contribution in [0.5, 0.6) is 0 Å². The molecule has 34 heavy (non-hydrogen) atoms. The number of nitrogens with one attached hydrogen (secondary N) is 2. The van der Waals surface area contributed by atoms with Crippen LogP contribution >= 0.6 is 11.3 Å². The van der Waals surface area contributed by atoms with Gasteiger partial charge in [0.2, 0.25) is 5.95 Å². The van der Waals surface area contributed by atoms with Crippen LogP contribution in [0.3, 0.4) is 0 Å². The summed E-state index contributed by atoms with van der Waals surface area (Å²) in [6, 6.07) is 4.03. The van der Waals surface area contributed by atoms with Crippen molar-refractivity contribution in [1.29, 1.82) is 0 Å². The SMILES string of the molecule is CN(C)C(=O)c1sc2cnc(Nc3ccc(N4CCNC(CO)C4)cn3)nc2c1C1CCCC1. The number of amides is 1. The molecule has 2 aliphatic rings. The van der Waals surface area contributed by atoms with Crippen LogP contribution in [-0.2, 0) is 0 Å². The average Bonchev–Trinajstić information content (AvgIpc) is 3.51. The molecule has 1 amide bonds. The molecule has 1 saturated carbocycles. The Morgan fingerprint density at radius 1 is 1.26 bits per heavy atom. The van der Waals surface area contributed by atoms with E-state index in [9.17, 15) is 9.90 Å². The number of aliphatic hydroxyl groups is 1. The minimum Gasteiger partial charge on any atom is -0.395 e. The second-order valence-corrected chi connectivity index (χ2v) is 10.3. The number of anilines is 3. The van der Waals surface area contributed by atoms with Gasteiger partial charge in [0, 0.05) is 45.3 Å². The molecule has 180 valence electrons. The number of pyridine rings is 1. The number of aromatic nitrogens is 3. The Morgan fingerprint density at radius 3 is 2.79 bits per heavy atom. The fourth-order valence-corrected chi connectivity index (χ4v) is 6.09. The van der Waals surface area contributed by atoms with E-state index in [0.717, 1.165) is 58.8 Å². The van der Waals surface area contributed by atoms with E-state index in [1.165, 1.54) is 24.2 Å². The van der Waals surface area contributed by atoms with Gasteiger partial charge in [0.05, 0.1) is 39.8 Å². The molecule has 3 aromatic heterocycles. The van der Waals surface area contributed by atoms with Gasteiger partial charge in [-0.15, -0.1) is 11.3 Å². The zero-order valence-electron chi connectivity index (χ0n) is 19.6. The third kappa shape index (κ3) is 4.57. The lowest BCUT2D eigenvalue weighted by atomic mass is 9.96. The predicted octanol–water partition coefficient (Wildman–Crippen LogP) is 2.96. The summed E-state index contributed by atoms with van der Waals surface area (Å²) in [4.78, 5) is 31.5. The molecule has 0 aromatic carbocycles. The lowest BCUT2D eigenvalue weighted by Gasteiger charge is -2.34. The van der Waals surface area contributed by atoms with Crippen molar-refractivity contribution in [2.75, 3.05) is 50.6 Å². The van der Waals surface area contributed by atoms with E-state index in [1.807, 2.05) is 24.5 Å². The van der Waals surface area contributed by atoms with Crippen molar-refractivity contribution in [1.82, 2.24) is 25.2 Å². The molecular weight excluding hydrogens is 450 g/mol. The van der Waals surface area contributed by atoms with Gasteiger partial charge in [-0.3, -0.25) is 4.79 Å². The first-order chi connectivity index (χ1) is 16.5. The number of hydrogen-bond acceptors (Lipinski definition) is 9. The van der Waals surface area contributed by atoms with Crippen molar-refractivity contribution in [3.8, 4) is 0 Å². The van der Waals surface area contributed by atoms with Gasteiger partial charge in [-0.05, 0) is 30.9 Å². The molecule has 9 nitrogen and oxygen atoms in total. The number of rotatable bonds is 6. The molecule has 0 spiro atoms. The third-order valence-corrected chi connectivity index (χ3v) is 7.78. The quantitative estimate of drug-likeness (QED) is 0.493. The zero-order valence-corrected chi connectivity index (χ0v) is 20.4. The van der Waals surface area contributed by atoms with Crippen LogP contribution in [0.1, 0.15) is 46.8 Å². The minimum absolute atomic E-state index is 0.0352. The van der Waals surface area contributed by atoms with Gasteiger partial charge in [-0.2, -0.15) is 0 Å². The number of hydrogen-bond donors (Lipinski definition) is 3. The van der Waals surface area contributed by atoms with Gasteiger partial charge in [0.1, 0.15) is 5.82 Å². The maximum atomic E-state index is 12.9. The van der Waals surface area contributed by atoms with Gasteiger partial charge < -0.3 is 25.5 Å². The number of carbonyl (C=O) groups is 1. The first-order valence-corrected chi connectivity index (χ1v) is 12.7. The summed E-state index contributed by atoms with van der Waals surface area (Å²) in [5, 5.41) is 16.0. The zero-order chi connectivity index (χ0) is 23.7. The molecule has 0 bridgehead atoms. The number of carbonyl (C=O) groups excluding carboxylic acids is 1. The standard InChI is InChI=1S/C24H31N7O2S/c1-30(2)23(33)22-20(15-5-3-4-6-15)21-18(34-22)12-27-24(29-21)28-19-8-7-17(11-26-19)31-10-9-25-16(13-31)14-32/h7-8,11-12,15-16,25,32H,3-6,9-10,13-14H2,1-2H3,(H,26,27,28,29). The van der Waals surface area contributed by atoms with Crippen LogP contribution in [0, 0.1) is 0 Å². The highest BCUT2D eigenvalue weighted by atomic mass is 32.1. The fourth-order valence-electron chi connectivity index (χ4n) is 4.87. The van der Waals surface area contributed by atoms with Crippen LogP contribution in [0.25, 0.3) is 10.2 Å². The van der Waals surface area contributed by atoms with Crippen molar-refractivity contribution in [2.24, 2.45) is 0 Å². The molecule has 1 unspecified atom stereocenters. The molecule has 1 aliphatic heterocycles. The first-order valence-electron chi connectivity index (χ1n) is 11.9. The Morgan fingerprint density at radius 2 is 2.09 bits per heavy atom. The van der Waals surface area contributed by atoms with Crippen molar-refractivity contribution in [3.63, 3.8) is 0 Å². The van der Waals surface area contributed by atoms with E-state index in [1.54, 1.807) is 19.0 Å². The summed E-state index contributed by atoms with van der Waals surface area (Å²) in [6.07, 6.45) is 8.22. The average molecular weight is 482 g/mol. The van der Waals surface area contributed by atoms with E-state index in [2.05, 4.69) is 25.5 Å². The topological polar surface area (TPSA) is 107 Å². The molecule has 5 rings (SSSR count). The molecule has 4 heterocycles. The van der Waals surface area contributed by atoms with Crippen molar-refractivity contribution < 1.29 is 9.90 Å². The Labute approximate surface area is 203 Å². The van der Waals surface area contributed by atoms with Crippen LogP contribution in [0.4, 0.5) is 17.5 Å². The Balaban J connectivity index is 1.40. The number of aliphatic hydroxyl groups excluding tert-OH is 1. The molecular formula is C24H31N7O2S. The van der Waals surface area contributed by atoms with Crippen LogP contribution < -0.4 is 15.5 Å². The smallest absolute Gasteiger partial charge is 0.263 e. The van der Waals surface area contributed by atoms with Crippen LogP contribution in [0.2, 0.25) is 0 Å². The summed E-state index contributed by atoms with van der Waals surface area (Å²) in [6.45, 7) is 2.58. The monoisotopic (exact) mass is 481 g/mol. The normalized spacial score (nSPS) is 19.0. The number of thiophene rings is 1. The highest BCUT2D eigenvalue weighted by molar-refractivity contribution is 7.21. The molecule has 1 aliphatic carbocycles. The van der Waals surface area contributed by atoms with Crippen LogP contribution in [0.15, 0.2) is 24.5 Å². The Bertz CT molecular complexity index is 1160. The summed E-state index contributed by atoms with van der Waals surface area (Å²) in [5.74, 6) is 1.55. The van der Waals surface area contributed by atoms with Crippen molar-refractivity contribution in [2.45, 2.75) is 37.6 Å². The molecule has 0 radical (unpaired) electrons. The second-order valence-electron chi connectivity index (χ2n) is 9.24. The van der Waals surface area contributed by atoms with Gasteiger partial charge in [0.15, 0.2) is 0 Å². The first kappa shape index (κ1) is 22.9. The maximum Gasteiger partial charge on any atom is 0.263 e. The van der Waals surface area contributed by atoms with Crippen molar-refractivity contribution >= 4 is 44.9 Å². The summed E-state index contributed by atoms with van der Waals surface area (Å²) < 4.78 is 0.943. The molecule has 3 N–H and O–H groups in total. The third-order valence-electron chi connectivity index (χ3n) is 6.66. The number of piperazine rings is 1. The minimum atomic E-state index is 0.0352. The lowest BCUT2D eigenvalue weighted by molar-refractivity contribution is 0.0831. The van der Waals surface area contributed by atoms with Crippen molar-refractivity contribution in [3.05, 3.63) is 35.0 Å². The van der Waals surface area contributed by atoms with E-state index in [-0.39, 0.29) is 18.6 Å². The Kier molecular flexibility index (Phi) is 6.62. The van der Waals surface area contributed by atoms with E-state index < -0.39 is 0 Å². The fraction of sp³-hybridized carbons (Fsp3) is 0.500. The van der Waals surface area contributed by atoms with Crippen LogP contribution in [-0.4, -0.2) is 77.2 Å². The van der Waals surface area contributed by atoms with E-state index in [0.29, 0.717) is 17.7 Å². The molecule has 3 aromatic rings. The summed E-state index contributed by atoms with van der Waals surface area (Å²) in [5.41, 5.74) is 2.99. The molecule has 1 atom stereocenters. The van der Waals surface area contributed by atoms with Gasteiger partial charge in [-0.1, -0.05) is 12.8 Å². The van der Waals surface area contributed by atoms with Gasteiger partial charge in [0.25, 0.3) is 5.91 Å². The highest BCUT2D eigenvalue weighted by Crippen LogP contribution is 2.43. The second kappa shape index (κ2) is 9.81. The molecule has 2 fully saturated rings. The maximum absolute atomic E-state index is 12.9. The predicted molar refractivity (Wildman–Crippen MR) is 135 cm³/mol. The Hall–Kier alpha value is -2.82. The van der Waals surface area contributed by atoms with Gasteiger partial charge in [-0.25, -0.2) is 15.0 Å². The lowest BCUT2D eigenvalue weighted by Crippen LogP contribution is -2.52. The summed E-state index contributed by atoms with van der Waals surface area (Å²) >= 11 is 1.49.